The molecule has 2 rings (SSSR count). The highest BCUT2D eigenvalue weighted by Gasteiger charge is 2.11. The Labute approximate surface area is 126 Å². The average molecular weight is 342 g/mol. The lowest BCUT2D eigenvalue weighted by Crippen LogP contribution is -2.00. The van der Waals surface area contributed by atoms with Gasteiger partial charge in [-0.25, -0.2) is 9.97 Å². The maximum Gasteiger partial charge on any atom is 0.216 e. The van der Waals surface area contributed by atoms with Gasteiger partial charge in [-0.3, -0.25) is 0 Å². The second-order valence-corrected chi connectivity index (χ2v) is 5.61. The van der Waals surface area contributed by atoms with Crippen LogP contribution in [0.25, 0.3) is 0 Å². The molecule has 0 N–H and O–H groups in total. The van der Waals surface area contributed by atoms with Gasteiger partial charge in [-0.05, 0) is 24.1 Å². The van der Waals surface area contributed by atoms with Crippen LogP contribution in [0.15, 0.2) is 35.1 Å². The van der Waals surface area contributed by atoms with Crippen molar-refractivity contribution in [2.24, 2.45) is 0 Å². The van der Waals surface area contributed by atoms with Crippen LogP contribution < -0.4 is 4.74 Å². The average Bonchev–Trinajstić information content (AvgIpc) is 2.42. The summed E-state index contributed by atoms with van der Waals surface area (Å²) < 4.78 is 6.16. The van der Waals surface area contributed by atoms with E-state index in [-0.39, 0.29) is 5.38 Å². The zero-order chi connectivity index (χ0) is 13.8. The highest BCUT2D eigenvalue weighted by Crippen LogP contribution is 2.28. The van der Waals surface area contributed by atoms with Gasteiger partial charge in [-0.15, -0.1) is 11.6 Å². The van der Waals surface area contributed by atoms with Crippen LogP contribution in [-0.4, -0.2) is 17.1 Å². The first-order valence-electron chi connectivity index (χ1n) is 5.85. The Kier molecular flexibility index (Phi) is 4.77. The maximum atomic E-state index is 6.44. The first-order valence-corrected chi connectivity index (χ1v) is 7.08. The SMILES string of the molecule is COc1cc(CC(Cl)c2ccc(Br)c(C)c2)ncn1. The fourth-order valence-corrected chi connectivity index (χ4v) is 2.30. The molecule has 0 amide bonds. The van der Waals surface area contributed by atoms with Crippen molar-refractivity contribution in [2.45, 2.75) is 18.7 Å². The van der Waals surface area contributed by atoms with E-state index >= 15 is 0 Å². The molecule has 1 unspecified atom stereocenters. The van der Waals surface area contributed by atoms with Crippen molar-refractivity contribution < 1.29 is 4.74 Å². The van der Waals surface area contributed by atoms with E-state index in [2.05, 4.69) is 32.0 Å². The Morgan fingerprint density at radius 2 is 2.11 bits per heavy atom. The Morgan fingerprint density at radius 3 is 2.79 bits per heavy atom. The van der Waals surface area contributed by atoms with Crippen molar-refractivity contribution in [2.75, 3.05) is 7.11 Å². The van der Waals surface area contributed by atoms with Gasteiger partial charge < -0.3 is 4.74 Å². The Hall–Kier alpha value is -1.13. The molecule has 1 heterocycles. The van der Waals surface area contributed by atoms with Crippen molar-refractivity contribution in [1.29, 1.82) is 0 Å². The van der Waals surface area contributed by atoms with Crippen LogP contribution in [-0.2, 0) is 6.42 Å². The molecule has 0 aliphatic rings. The van der Waals surface area contributed by atoms with Gasteiger partial charge >= 0.3 is 0 Å². The zero-order valence-electron chi connectivity index (χ0n) is 10.7. The molecule has 0 radical (unpaired) electrons. The molecular weight excluding hydrogens is 328 g/mol. The lowest BCUT2D eigenvalue weighted by atomic mass is 10.1. The van der Waals surface area contributed by atoms with Crippen molar-refractivity contribution in [3.8, 4) is 5.88 Å². The Bertz CT molecular complexity index is 577. The molecule has 1 aromatic heterocycles. The van der Waals surface area contributed by atoms with Crippen LogP contribution in [0.2, 0.25) is 0 Å². The van der Waals surface area contributed by atoms with E-state index in [1.165, 1.54) is 11.9 Å². The number of methoxy groups -OCH3 is 1. The minimum atomic E-state index is -0.119. The van der Waals surface area contributed by atoms with Crippen molar-refractivity contribution >= 4 is 27.5 Å². The first-order chi connectivity index (χ1) is 9.10. The molecule has 5 heteroatoms. The Morgan fingerprint density at radius 1 is 1.32 bits per heavy atom. The van der Waals surface area contributed by atoms with E-state index < -0.39 is 0 Å². The number of rotatable bonds is 4. The van der Waals surface area contributed by atoms with Crippen LogP contribution in [0, 0.1) is 6.92 Å². The summed E-state index contributed by atoms with van der Waals surface area (Å²) >= 11 is 9.93. The van der Waals surface area contributed by atoms with Gasteiger partial charge in [0.25, 0.3) is 0 Å². The van der Waals surface area contributed by atoms with E-state index in [0.717, 1.165) is 15.7 Å². The standard InChI is InChI=1S/C14H14BrClN2O/c1-9-5-10(3-4-12(9)15)13(16)6-11-7-14(19-2)18-8-17-11/h3-5,7-8,13H,6H2,1-2H3. The third-order valence-corrected chi connectivity index (χ3v) is 4.14. The number of benzene rings is 1. The van der Waals surface area contributed by atoms with Gasteiger partial charge in [-0.1, -0.05) is 28.1 Å². The van der Waals surface area contributed by atoms with Crippen molar-refractivity contribution in [1.82, 2.24) is 9.97 Å². The summed E-state index contributed by atoms with van der Waals surface area (Å²) in [6.45, 7) is 2.05. The summed E-state index contributed by atoms with van der Waals surface area (Å²) in [5.41, 5.74) is 3.12. The number of hydrogen-bond acceptors (Lipinski definition) is 3. The van der Waals surface area contributed by atoms with Crippen LogP contribution in [0.4, 0.5) is 0 Å². The molecule has 0 bridgehead atoms. The summed E-state index contributed by atoms with van der Waals surface area (Å²) in [6, 6.07) is 7.93. The van der Waals surface area contributed by atoms with Gasteiger partial charge in [0.1, 0.15) is 6.33 Å². The van der Waals surface area contributed by atoms with Crippen LogP contribution in [0.3, 0.4) is 0 Å². The van der Waals surface area contributed by atoms with E-state index in [1.54, 1.807) is 13.2 Å². The second kappa shape index (κ2) is 6.35. The van der Waals surface area contributed by atoms with E-state index in [9.17, 15) is 0 Å². The monoisotopic (exact) mass is 340 g/mol. The normalized spacial score (nSPS) is 12.2. The third-order valence-electron chi connectivity index (χ3n) is 2.84. The molecular formula is C14H14BrClN2O. The van der Waals surface area contributed by atoms with Gasteiger partial charge in [0.05, 0.1) is 12.5 Å². The summed E-state index contributed by atoms with van der Waals surface area (Å²) in [6.07, 6.45) is 2.13. The molecule has 2 aromatic rings. The smallest absolute Gasteiger partial charge is 0.216 e. The van der Waals surface area contributed by atoms with E-state index in [4.69, 9.17) is 16.3 Å². The lowest BCUT2D eigenvalue weighted by molar-refractivity contribution is 0.396. The molecule has 19 heavy (non-hydrogen) atoms. The Balaban J connectivity index is 2.15. The maximum absolute atomic E-state index is 6.44. The van der Waals surface area contributed by atoms with Gasteiger partial charge in [-0.2, -0.15) is 0 Å². The number of hydrogen-bond donors (Lipinski definition) is 0. The predicted molar refractivity (Wildman–Crippen MR) is 79.8 cm³/mol. The second-order valence-electron chi connectivity index (χ2n) is 4.23. The topological polar surface area (TPSA) is 35.0 Å². The molecule has 1 aromatic carbocycles. The minimum Gasteiger partial charge on any atom is -0.481 e. The third kappa shape index (κ3) is 3.67. The molecule has 100 valence electrons. The molecule has 0 fully saturated rings. The van der Waals surface area contributed by atoms with Crippen LogP contribution >= 0.6 is 27.5 Å². The van der Waals surface area contributed by atoms with E-state index in [0.29, 0.717) is 12.3 Å². The number of ether oxygens (including phenoxy) is 1. The number of alkyl halides is 1. The molecule has 0 saturated heterocycles. The number of halogens is 2. The van der Waals surface area contributed by atoms with Gasteiger partial charge in [0.15, 0.2) is 0 Å². The molecule has 0 saturated carbocycles. The zero-order valence-corrected chi connectivity index (χ0v) is 13.1. The molecule has 0 aliphatic heterocycles. The molecule has 0 spiro atoms. The van der Waals surface area contributed by atoms with E-state index in [1.807, 2.05) is 19.1 Å². The van der Waals surface area contributed by atoms with Crippen molar-refractivity contribution in [3.05, 3.63) is 51.9 Å². The fourth-order valence-electron chi connectivity index (χ4n) is 1.76. The quantitative estimate of drug-likeness (QED) is 0.786. The summed E-state index contributed by atoms with van der Waals surface area (Å²) in [5.74, 6) is 0.556. The highest BCUT2D eigenvalue weighted by atomic mass is 79.9. The number of aryl methyl sites for hydroxylation is 1. The predicted octanol–water partition coefficient (Wildman–Crippen LogP) is 4.08. The number of nitrogens with zero attached hydrogens (tertiary/aromatic N) is 2. The fraction of sp³-hybridized carbons (Fsp3) is 0.286. The van der Waals surface area contributed by atoms with Crippen LogP contribution in [0.1, 0.15) is 22.2 Å². The minimum absolute atomic E-state index is 0.119. The number of aromatic nitrogens is 2. The lowest BCUT2D eigenvalue weighted by Gasteiger charge is -2.11. The highest BCUT2D eigenvalue weighted by molar-refractivity contribution is 9.10. The van der Waals surface area contributed by atoms with Crippen molar-refractivity contribution in [3.63, 3.8) is 0 Å². The summed E-state index contributed by atoms with van der Waals surface area (Å²) in [4.78, 5) is 8.19. The largest absolute Gasteiger partial charge is 0.481 e. The van der Waals surface area contributed by atoms with Gasteiger partial charge in [0, 0.05) is 22.7 Å². The summed E-state index contributed by atoms with van der Waals surface area (Å²) in [7, 11) is 1.59. The first kappa shape index (κ1) is 14.3. The molecule has 3 nitrogen and oxygen atoms in total. The molecule has 1 atom stereocenters. The molecule has 0 aliphatic carbocycles. The van der Waals surface area contributed by atoms with Crippen LogP contribution in [0.5, 0.6) is 5.88 Å². The van der Waals surface area contributed by atoms with Gasteiger partial charge in [0.2, 0.25) is 5.88 Å². The summed E-state index contributed by atoms with van der Waals surface area (Å²) in [5, 5.41) is -0.119.